The highest BCUT2D eigenvalue weighted by Gasteiger charge is 2.36. The Bertz CT molecular complexity index is 682. The monoisotopic (exact) mass is 389 g/mol. The molecule has 3 aliphatic rings. The van der Waals surface area contributed by atoms with Crippen molar-refractivity contribution in [1.29, 1.82) is 0 Å². The highest BCUT2D eigenvalue weighted by Crippen LogP contribution is 2.40. The van der Waals surface area contributed by atoms with Crippen LogP contribution >= 0.6 is 0 Å². The van der Waals surface area contributed by atoms with Gasteiger partial charge in [0.1, 0.15) is 0 Å². The minimum Gasteiger partial charge on any atom is -0.454 e. The Morgan fingerprint density at radius 1 is 1.04 bits per heavy atom. The molecule has 2 saturated heterocycles. The van der Waals surface area contributed by atoms with Crippen LogP contribution < -0.4 is 20.1 Å². The lowest BCUT2D eigenvalue weighted by molar-refractivity contribution is 0.0512. The molecule has 2 N–H and O–H groups in total. The summed E-state index contributed by atoms with van der Waals surface area (Å²) in [5.74, 6) is 3.18. The summed E-state index contributed by atoms with van der Waals surface area (Å²) in [5, 5.41) is 7.06. The van der Waals surface area contributed by atoms with Gasteiger partial charge >= 0.3 is 0 Å². The van der Waals surface area contributed by atoms with E-state index in [2.05, 4.69) is 27.8 Å². The van der Waals surface area contributed by atoms with Crippen molar-refractivity contribution in [3.05, 3.63) is 23.8 Å². The number of nitrogens with zero attached hydrogens (tertiary/aromatic N) is 1. The molecule has 7 nitrogen and oxygen atoms in total. The zero-order valence-electron chi connectivity index (χ0n) is 16.7. The summed E-state index contributed by atoms with van der Waals surface area (Å²) in [4.78, 5) is 4.43. The molecule has 0 aromatic heterocycles. The number of hydrogen-bond donors (Lipinski definition) is 2. The summed E-state index contributed by atoms with van der Waals surface area (Å²) in [6.07, 6.45) is 4.16. The molecule has 0 unspecified atom stereocenters. The number of rotatable bonds is 5. The SMILES string of the molecule is CN=C(NCC1CCOCC1)NCC1(c2ccc3c(c2)OCO3)CCOCC1. The molecule has 3 aliphatic heterocycles. The molecule has 0 spiro atoms. The number of nitrogens with one attached hydrogen (secondary N) is 2. The summed E-state index contributed by atoms with van der Waals surface area (Å²) in [6, 6.07) is 6.32. The fourth-order valence-electron chi connectivity index (χ4n) is 4.22. The van der Waals surface area contributed by atoms with E-state index in [0.29, 0.717) is 12.7 Å². The van der Waals surface area contributed by atoms with E-state index in [1.807, 2.05) is 13.1 Å². The first-order chi connectivity index (χ1) is 13.8. The Morgan fingerprint density at radius 3 is 2.57 bits per heavy atom. The molecular weight excluding hydrogens is 358 g/mol. The van der Waals surface area contributed by atoms with Crippen LogP contribution in [-0.2, 0) is 14.9 Å². The number of fused-ring (bicyclic) bond motifs is 1. The van der Waals surface area contributed by atoms with Crippen LogP contribution in [-0.4, -0.2) is 59.3 Å². The van der Waals surface area contributed by atoms with Gasteiger partial charge in [0.15, 0.2) is 17.5 Å². The highest BCUT2D eigenvalue weighted by molar-refractivity contribution is 5.79. The van der Waals surface area contributed by atoms with Gasteiger partial charge in [-0.05, 0) is 49.3 Å². The summed E-state index contributed by atoms with van der Waals surface area (Å²) in [7, 11) is 1.83. The molecule has 0 saturated carbocycles. The molecule has 0 bridgehead atoms. The van der Waals surface area contributed by atoms with E-state index in [1.165, 1.54) is 5.56 Å². The first kappa shape index (κ1) is 19.3. The van der Waals surface area contributed by atoms with E-state index < -0.39 is 0 Å². The lowest BCUT2D eigenvalue weighted by atomic mass is 9.74. The third kappa shape index (κ3) is 4.36. The van der Waals surface area contributed by atoms with Crippen LogP contribution in [0.15, 0.2) is 23.2 Å². The quantitative estimate of drug-likeness (QED) is 0.593. The molecular formula is C21H31N3O4. The van der Waals surface area contributed by atoms with Gasteiger partial charge in [0, 0.05) is 52.0 Å². The van der Waals surface area contributed by atoms with Gasteiger partial charge in [-0.15, -0.1) is 0 Å². The summed E-state index contributed by atoms with van der Waals surface area (Å²) in [5.41, 5.74) is 1.27. The second-order valence-electron chi connectivity index (χ2n) is 7.82. The number of hydrogen-bond acceptors (Lipinski definition) is 5. The van der Waals surface area contributed by atoms with Gasteiger partial charge in [-0.1, -0.05) is 6.07 Å². The fourth-order valence-corrected chi connectivity index (χ4v) is 4.22. The highest BCUT2D eigenvalue weighted by atomic mass is 16.7. The molecule has 0 radical (unpaired) electrons. The Hall–Kier alpha value is -1.99. The van der Waals surface area contributed by atoms with Crippen molar-refractivity contribution >= 4 is 5.96 Å². The van der Waals surface area contributed by atoms with Crippen molar-refractivity contribution in [3.8, 4) is 11.5 Å². The van der Waals surface area contributed by atoms with Gasteiger partial charge in [-0.25, -0.2) is 0 Å². The normalized spacial score (nSPS) is 22.1. The molecule has 154 valence electrons. The minimum atomic E-state index is -0.00444. The van der Waals surface area contributed by atoms with E-state index in [0.717, 1.165) is 82.7 Å². The average molecular weight is 389 g/mol. The van der Waals surface area contributed by atoms with Gasteiger partial charge in [0.25, 0.3) is 0 Å². The third-order valence-electron chi connectivity index (χ3n) is 6.15. The predicted molar refractivity (Wildman–Crippen MR) is 107 cm³/mol. The second-order valence-corrected chi connectivity index (χ2v) is 7.82. The van der Waals surface area contributed by atoms with Crippen LogP contribution in [0.2, 0.25) is 0 Å². The first-order valence-corrected chi connectivity index (χ1v) is 10.3. The van der Waals surface area contributed by atoms with Crippen LogP contribution in [0.1, 0.15) is 31.2 Å². The van der Waals surface area contributed by atoms with Crippen molar-refractivity contribution in [2.45, 2.75) is 31.1 Å². The molecule has 7 heteroatoms. The number of aliphatic imine (C=N–C) groups is 1. The Morgan fingerprint density at radius 2 is 1.79 bits per heavy atom. The van der Waals surface area contributed by atoms with Gasteiger partial charge < -0.3 is 29.6 Å². The molecule has 2 fully saturated rings. The zero-order chi connectivity index (χ0) is 19.2. The van der Waals surface area contributed by atoms with Gasteiger partial charge in [-0.2, -0.15) is 0 Å². The van der Waals surface area contributed by atoms with Crippen molar-refractivity contribution in [2.24, 2.45) is 10.9 Å². The molecule has 0 amide bonds. The molecule has 0 atom stereocenters. The molecule has 28 heavy (non-hydrogen) atoms. The van der Waals surface area contributed by atoms with Crippen molar-refractivity contribution in [1.82, 2.24) is 10.6 Å². The van der Waals surface area contributed by atoms with E-state index >= 15 is 0 Å². The Kier molecular flexibility index (Phi) is 6.22. The fraction of sp³-hybridized carbons (Fsp3) is 0.667. The van der Waals surface area contributed by atoms with Crippen LogP contribution in [0.4, 0.5) is 0 Å². The maximum Gasteiger partial charge on any atom is 0.231 e. The average Bonchev–Trinajstić information content (AvgIpc) is 3.23. The van der Waals surface area contributed by atoms with E-state index in [1.54, 1.807) is 0 Å². The largest absolute Gasteiger partial charge is 0.454 e. The molecule has 1 aromatic carbocycles. The van der Waals surface area contributed by atoms with Gasteiger partial charge in [0.2, 0.25) is 6.79 Å². The van der Waals surface area contributed by atoms with Crippen LogP contribution in [0.25, 0.3) is 0 Å². The van der Waals surface area contributed by atoms with E-state index in [-0.39, 0.29) is 5.41 Å². The molecule has 1 aromatic rings. The maximum absolute atomic E-state index is 5.66. The maximum atomic E-state index is 5.66. The van der Waals surface area contributed by atoms with E-state index in [9.17, 15) is 0 Å². The standard InChI is InChI=1S/C21H31N3O4/c1-22-20(23-13-16-4-8-25-9-5-16)24-14-21(6-10-26-11-7-21)17-2-3-18-19(12-17)28-15-27-18/h2-3,12,16H,4-11,13-15H2,1H3,(H2,22,23,24). The van der Waals surface area contributed by atoms with Gasteiger partial charge in [-0.3, -0.25) is 4.99 Å². The van der Waals surface area contributed by atoms with Crippen LogP contribution in [0.3, 0.4) is 0 Å². The second kappa shape index (κ2) is 9.01. The third-order valence-corrected chi connectivity index (χ3v) is 6.15. The minimum absolute atomic E-state index is 0.00444. The zero-order valence-corrected chi connectivity index (χ0v) is 16.7. The van der Waals surface area contributed by atoms with Crippen molar-refractivity contribution in [3.63, 3.8) is 0 Å². The summed E-state index contributed by atoms with van der Waals surface area (Å²) in [6.45, 7) is 5.31. The first-order valence-electron chi connectivity index (χ1n) is 10.3. The lowest BCUT2D eigenvalue weighted by Crippen LogP contribution is -2.49. The van der Waals surface area contributed by atoms with Crippen molar-refractivity contribution in [2.75, 3.05) is 53.4 Å². The molecule has 0 aliphatic carbocycles. The van der Waals surface area contributed by atoms with Crippen LogP contribution in [0.5, 0.6) is 11.5 Å². The smallest absolute Gasteiger partial charge is 0.231 e. The predicted octanol–water partition coefficient (Wildman–Crippen LogP) is 2.06. The number of ether oxygens (including phenoxy) is 4. The number of guanidine groups is 1. The Labute approximate surface area is 166 Å². The molecule has 4 rings (SSSR count). The number of benzene rings is 1. The summed E-state index contributed by atoms with van der Waals surface area (Å²) < 4.78 is 22.2. The topological polar surface area (TPSA) is 73.3 Å². The van der Waals surface area contributed by atoms with E-state index in [4.69, 9.17) is 18.9 Å². The summed E-state index contributed by atoms with van der Waals surface area (Å²) >= 11 is 0. The molecule has 3 heterocycles. The van der Waals surface area contributed by atoms with Gasteiger partial charge in [0.05, 0.1) is 0 Å². The Balaban J connectivity index is 1.41. The van der Waals surface area contributed by atoms with Crippen LogP contribution in [0, 0.1) is 5.92 Å². The lowest BCUT2D eigenvalue weighted by Gasteiger charge is -2.38. The van der Waals surface area contributed by atoms with Crippen molar-refractivity contribution < 1.29 is 18.9 Å².